The molecular formula is C89H115N5O27S2. The van der Waals surface area contributed by atoms with Crippen LogP contribution in [0.5, 0.6) is 0 Å². The summed E-state index contributed by atoms with van der Waals surface area (Å²) >= 11 is 2.21. The molecule has 2 amide bonds. The molecule has 7 N–H and O–H groups in total. The Hall–Kier alpha value is -8.20. The topological polar surface area (TPSA) is 420 Å². The van der Waals surface area contributed by atoms with Gasteiger partial charge in [-0.25, -0.2) is 38.7 Å². The van der Waals surface area contributed by atoms with Gasteiger partial charge in [-0.2, -0.15) is 0 Å². The molecule has 4 bridgehead atoms. The van der Waals surface area contributed by atoms with E-state index in [0.29, 0.717) is 54.5 Å². The lowest BCUT2D eigenvalue weighted by Crippen LogP contribution is -2.79. The molecule has 0 radical (unpaired) electrons. The highest BCUT2D eigenvalue weighted by molar-refractivity contribution is 7.09. The molecule has 0 spiro atoms. The maximum atomic E-state index is 14.5. The molecule has 2 aromatic heterocycles. The lowest BCUT2D eigenvalue weighted by Gasteiger charge is -2.68. The van der Waals surface area contributed by atoms with Gasteiger partial charge in [0.05, 0.1) is 55.0 Å². The van der Waals surface area contributed by atoms with Gasteiger partial charge >= 0.3 is 48.0 Å². The Bertz CT molecular complexity index is 4710. The number of benzene rings is 2. The van der Waals surface area contributed by atoms with Crippen molar-refractivity contribution in [3.8, 4) is 0 Å². The number of aliphatic hydroxyl groups is 5. The fraction of sp³-hybridized carbons (Fsp3) is 0.640. The molecule has 670 valence electrons. The van der Waals surface area contributed by atoms with E-state index in [1.54, 1.807) is 127 Å². The van der Waals surface area contributed by atoms with E-state index in [2.05, 4.69) is 32.1 Å². The summed E-state index contributed by atoms with van der Waals surface area (Å²) in [5.74, 6) is -6.80. The number of aromatic nitrogens is 2. The summed E-state index contributed by atoms with van der Waals surface area (Å²) in [7, 11) is 0. The molecule has 9 fully saturated rings. The van der Waals surface area contributed by atoms with Crippen LogP contribution in [0.1, 0.15) is 199 Å². The maximum absolute atomic E-state index is 14.5. The number of esters is 6. The van der Waals surface area contributed by atoms with Gasteiger partial charge in [-0.3, -0.25) is 14.5 Å². The lowest BCUT2D eigenvalue weighted by atomic mass is 9.45. The lowest BCUT2D eigenvalue weighted by molar-refractivity contribution is -0.345. The smallest absolute Gasteiger partial charge is 0.408 e. The van der Waals surface area contributed by atoms with Gasteiger partial charge in [0.15, 0.2) is 36.0 Å². The minimum atomic E-state index is -2.09. The van der Waals surface area contributed by atoms with Crippen LogP contribution in [0.4, 0.5) is 9.59 Å². The van der Waals surface area contributed by atoms with Crippen LogP contribution in [0.3, 0.4) is 0 Å². The van der Waals surface area contributed by atoms with E-state index < -0.39 is 213 Å². The Morgan fingerprint density at radius 3 is 1.37 bits per heavy atom. The molecule has 0 unspecified atom stereocenters. The molecule has 7 heterocycles. The van der Waals surface area contributed by atoms with Gasteiger partial charge in [-0.05, 0) is 140 Å². The Morgan fingerprint density at radius 2 is 1.02 bits per heavy atom. The van der Waals surface area contributed by atoms with Crippen molar-refractivity contribution in [2.45, 2.75) is 293 Å². The maximum Gasteiger partial charge on any atom is 0.408 e. The molecule has 11 aliphatic rings. The van der Waals surface area contributed by atoms with Gasteiger partial charge < -0.3 is 102 Å². The second-order valence-corrected chi connectivity index (χ2v) is 39.8. The van der Waals surface area contributed by atoms with Crippen LogP contribution in [0.2, 0.25) is 0 Å². The first-order valence-electron chi connectivity index (χ1n) is 42.0. The Labute approximate surface area is 722 Å². The van der Waals surface area contributed by atoms with Crippen LogP contribution < -0.4 is 10.6 Å². The van der Waals surface area contributed by atoms with E-state index in [1.807, 2.05) is 41.5 Å². The fourth-order valence-corrected chi connectivity index (χ4v) is 23.0. The Kier molecular flexibility index (Phi) is 25.1. The first-order chi connectivity index (χ1) is 57.8. The number of nitrogens with zero attached hydrogens (tertiary/aromatic N) is 3. The summed E-state index contributed by atoms with van der Waals surface area (Å²) in [4.78, 5) is 120. The minimum absolute atomic E-state index is 0.0277. The molecule has 5 saturated heterocycles. The summed E-state index contributed by atoms with van der Waals surface area (Å²) in [5, 5.41) is 69.9. The van der Waals surface area contributed by atoms with Crippen molar-refractivity contribution in [1.29, 1.82) is 0 Å². The standard InChI is InChI=1S/C46H61N3O14S.C43H54N2O13S/c1-24-28(58-40(54)33(52)32(38-47-17-19-64-38)48-41(55)63-42(3,4)5)20-46(56)37(61-39(53)26-12-10-9-11-13-26)35-44(8,16-14-29-45(35,23-57-29)62-25(2)51)36-34(31(24)43(46,6)7)59-30(60-36)21-49-18-15-27(49)22-50;1-10-27-54-31-28-22(2)25(53-37(49)30(47)29(35-44-18-19-59-35)45-38(50)58-39(4,5)6)20-43(51,40(28,7)8)34(56-36(48)24-14-12-11-13-15-24)32-41(9,33(31)55-27)17-16-26-42(32,21-52-26)57-23(3)46/h9-13,17,19,27-30,32-37,50,52,56H,14-16,18,20-23H2,1-8H3,(H,48,55);10-15,18-19,25-27,29-34,47,51H,1,16-17,20-21H2,2-9H3,(H,45,50)/t27-,28-,29+,30+,32+,33+,34+,35-,36+,37-,44+,45-,46+;25-,26+,27+,29+,30+,31+,32-,33+,34-,41+,42-,43+/m00/s1. The van der Waals surface area contributed by atoms with Gasteiger partial charge in [-0.1, -0.05) is 84.5 Å². The second-order valence-electron chi connectivity index (χ2n) is 37.9. The molecule has 123 heavy (non-hydrogen) atoms. The molecular weight excluding hydrogens is 1640 g/mol. The van der Waals surface area contributed by atoms with Crippen molar-refractivity contribution >= 4 is 70.7 Å². The molecule has 6 aliphatic carbocycles. The third kappa shape index (κ3) is 16.4. The summed E-state index contributed by atoms with van der Waals surface area (Å²) in [6, 6.07) is 13.9. The van der Waals surface area contributed by atoms with Crippen LogP contribution in [0.25, 0.3) is 0 Å². The zero-order chi connectivity index (χ0) is 89.0. The minimum Gasteiger partial charge on any atom is -0.456 e. The molecule has 25 atom stereocenters. The van der Waals surface area contributed by atoms with Crippen molar-refractivity contribution < 1.29 is 130 Å². The summed E-state index contributed by atoms with van der Waals surface area (Å²) in [5.41, 5.74) is -10.7. The highest BCUT2D eigenvalue weighted by Crippen LogP contribution is 2.70. The molecule has 34 heteroatoms. The number of carbonyl (C=O) groups excluding carboxylic acids is 8. The zero-order valence-electron chi connectivity index (χ0n) is 72.2. The largest absolute Gasteiger partial charge is 0.456 e. The first kappa shape index (κ1) is 91.0. The Balaban J connectivity index is 0.000000201. The number of thiazole rings is 2. The number of carbonyl (C=O) groups is 8. The number of amides is 2. The van der Waals surface area contributed by atoms with Crippen LogP contribution >= 0.6 is 22.7 Å². The highest BCUT2D eigenvalue weighted by atomic mass is 32.1. The van der Waals surface area contributed by atoms with Gasteiger partial charge in [0.25, 0.3) is 0 Å². The van der Waals surface area contributed by atoms with E-state index in [0.717, 1.165) is 35.6 Å². The number of rotatable bonds is 20. The molecule has 32 nitrogen and oxygen atoms in total. The van der Waals surface area contributed by atoms with E-state index >= 15 is 0 Å². The molecule has 5 aliphatic heterocycles. The van der Waals surface area contributed by atoms with E-state index in [4.69, 9.17) is 66.3 Å². The number of alkyl carbamates (subject to hydrolysis) is 2. The molecule has 4 saturated carbocycles. The van der Waals surface area contributed by atoms with E-state index in [1.165, 1.54) is 32.3 Å². The summed E-state index contributed by atoms with van der Waals surface area (Å²) < 4.78 is 88.8. The predicted octanol–water partition coefficient (Wildman–Crippen LogP) is 9.10. The van der Waals surface area contributed by atoms with Crippen LogP contribution in [0, 0.1) is 33.5 Å². The first-order valence-corrected chi connectivity index (χ1v) is 43.7. The van der Waals surface area contributed by atoms with Crippen LogP contribution in [-0.2, 0) is 85.5 Å². The summed E-state index contributed by atoms with van der Waals surface area (Å²) in [6.45, 7) is 32.4. The average Bonchev–Trinajstić information content (AvgIpc) is 0.721. The zero-order valence-corrected chi connectivity index (χ0v) is 73.8. The van der Waals surface area contributed by atoms with Crippen molar-refractivity contribution in [2.75, 3.05) is 32.9 Å². The molecule has 4 aromatic rings. The van der Waals surface area contributed by atoms with E-state index in [-0.39, 0.29) is 59.8 Å². The Morgan fingerprint density at radius 1 is 0.602 bits per heavy atom. The normalized spacial score (nSPS) is 35.9. The number of aliphatic hydroxyl groups excluding tert-OH is 3. The average molecular weight is 1750 g/mol. The third-order valence-electron chi connectivity index (χ3n) is 27.5. The van der Waals surface area contributed by atoms with Crippen LogP contribution in [0.15, 0.2) is 119 Å². The predicted molar refractivity (Wildman–Crippen MR) is 438 cm³/mol. The third-order valence-corrected chi connectivity index (χ3v) is 29.3. The number of hydrogen-bond donors (Lipinski definition) is 7. The number of fused-ring (bicyclic) bond motifs is 16. The van der Waals surface area contributed by atoms with Crippen LogP contribution in [-0.4, -0.2) is 247 Å². The number of hydrogen-bond acceptors (Lipinski definition) is 32. The molecule has 15 rings (SSSR count). The van der Waals surface area contributed by atoms with Gasteiger partial charge in [0, 0.05) is 90.6 Å². The number of likely N-dealkylation sites (tertiary alicyclic amines) is 1. The van der Waals surface area contributed by atoms with Gasteiger partial charge in [0.1, 0.15) is 93.3 Å². The van der Waals surface area contributed by atoms with Gasteiger partial charge in [-0.15, -0.1) is 22.7 Å². The summed E-state index contributed by atoms with van der Waals surface area (Å²) in [6.07, 6.45) is -10.8. The second kappa shape index (κ2) is 33.9. The van der Waals surface area contributed by atoms with Crippen molar-refractivity contribution in [3.05, 3.63) is 140 Å². The SMILES string of the molecule is C=C[C@@H]1O[C@@H]2C3=C(C)[C@@H](OC(=O)[C@H](O)[C@@H](NC(=O)OC(C)(C)C)c4nccs4)C[C@@](O)([C@@H](OC(=O)c4ccccc4)[C@H]4[C@@](C)(CC[C@H]5OC[C@]54OC(C)=O)[C@@H]2O1)C3(C)C.CC(=O)O[C@@]12CO[C@@H]1CC[C@@]1(C)[C@@H]3O[C@H](CN4CC[C@H]4CO)O[C@@H]3C3=C(C)[C@@H](OC(=O)[C@H](O)[C@@H](NC(=O)OC(C)(C)C)c4nccs4)C[C@@](O)([C@@H](OC(=O)c4ccccc4)[C@@H]12)C3(C)C. The highest BCUT2D eigenvalue weighted by Gasteiger charge is 2.80. The van der Waals surface area contributed by atoms with Crippen molar-refractivity contribution in [2.24, 2.45) is 33.5 Å². The quantitative estimate of drug-likeness (QED) is 0.0246. The molecule has 2 aromatic carbocycles. The van der Waals surface area contributed by atoms with E-state index in [9.17, 15) is 63.9 Å². The fourth-order valence-electron chi connectivity index (χ4n) is 21.5. The monoisotopic (exact) mass is 1750 g/mol. The number of ether oxygens (including phenoxy) is 14. The van der Waals surface area contributed by atoms with Gasteiger partial charge in [0.2, 0.25) is 0 Å². The number of nitrogens with one attached hydrogen (secondary N) is 2. The van der Waals surface area contributed by atoms with Crippen molar-refractivity contribution in [3.63, 3.8) is 0 Å². The van der Waals surface area contributed by atoms with Crippen molar-refractivity contribution in [1.82, 2.24) is 25.5 Å².